The quantitative estimate of drug-likeness (QED) is 0.656. The Morgan fingerprint density at radius 3 is 2.43 bits per heavy atom. The number of amides is 3. The van der Waals surface area contributed by atoms with Crippen molar-refractivity contribution in [2.24, 2.45) is 0 Å². The number of nitrogens with zero attached hydrogens (tertiary/aromatic N) is 3. The zero-order valence-electron chi connectivity index (χ0n) is 21.7. The molecule has 1 N–H and O–H groups in total. The molecule has 0 aliphatic carbocycles. The van der Waals surface area contributed by atoms with Gasteiger partial charge in [-0.05, 0) is 66.0 Å². The largest absolute Gasteiger partial charge is 0.482 e. The smallest absolute Gasteiger partial charge is 0.410 e. The van der Waals surface area contributed by atoms with Crippen LogP contribution in [0.4, 0.5) is 16.2 Å². The third-order valence-electron chi connectivity index (χ3n) is 6.83. The van der Waals surface area contributed by atoms with Crippen molar-refractivity contribution in [2.45, 2.75) is 83.6 Å². The number of ether oxygens (including phenoxy) is 2. The second-order valence-electron chi connectivity index (χ2n) is 11.4. The van der Waals surface area contributed by atoms with E-state index in [1.54, 1.807) is 4.90 Å². The molecule has 0 bridgehead atoms. The number of anilines is 2. The summed E-state index contributed by atoms with van der Waals surface area (Å²) in [7, 11) is 1.81. The number of carbonyl (C=O) groups is 3. The highest BCUT2D eigenvalue weighted by Crippen LogP contribution is 2.46. The normalized spacial score (nSPS) is 22.7. The van der Waals surface area contributed by atoms with Crippen LogP contribution in [0.25, 0.3) is 0 Å². The van der Waals surface area contributed by atoms with Crippen molar-refractivity contribution >= 4 is 29.3 Å². The van der Waals surface area contributed by atoms with Crippen LogP contribution in [-0.4, -0.2) is 72.8 Å². The van der Waals surface area contributed by atoms with E-state index < -0.39 is 17.2 Å². The van der Waals surface area contributed by atoms with E-state index in [1.165, 1.54) is 0 Å². The third kappa shape index (κ3) is 5.49. The van der Waals surface area contributed by atoms with E-state index in [4.69, 9.17) is 9.47 Å². The van der Waals surface area contributed by atoms with Crippen LogP contribution in [-0.2, 0) is 14.3 Å². The molecule has 2 fully saturated rings. The molecule has 0 aromatic heterocycles. The molecule has 192 valence electrons. The minimum Gasteiger partial charge on any atom is -0.482 e. The van der Waals surface area contributed by atoms with Gasteiger partial charge in [0, 0.05) is 32.6 Å². The van der Waals surface area contributed by atoms with E-state index >= 15 is 0 Å². The van der Waals surface area contributed by atoms with E-state index in [9.17, 15) is 14.4 Å². The summed E-state index contributed by atoms with van der Waals surface area (Å²) < 4.78 is 12.0. The van der Waals surface area contributed by atoms with Crippen LogP contribution in [0.15, 0.2) is 18.2 Å². The predicted octanol–water partition coefficient (Wildman–Crippen LogP) is 3.30. The zero-order valence-corrected chi connectivity index (χ0v) is 21.7. The maximum absolute atomic E-state index is 12.7. The van der Waals surface area contributed by atoms with Crippen LogP contribution < -0.4 is 19.9 Å². The summed E-state index contributed by atoms with van der Waals surface area (Å²) in [5.41, 5.74) is 0.851. The number of nitrogens with one attached hydrogen (secondary N) is 1. The molecular weight excluding hydrogens is 448 g/mol. The summed E-state index contributed by atoms with van der Waals surface area (Å²) in [5, 5.41) is 2.49. The van der Waals surface area contributed by atoms with Crippen LogP contribution in [0.5, 0.6) is 5.75 Å². The van der Waals surface area contributed by atoms with Gasteiger partial charge in [-0.3, -0.25) is 14.9 Å². The zero-order chi connectivity index (χ0) is 25.5. The lowest BCUT2D eigenvalue weighted by atomic mass is 9.97. The van der Waals surface area contributed by atoms with Gasteiger partial charge in [0.1, 0.15) is 17.2 Å². The van der Waals surface area contributed by atoms with Gasteiger partial charge in [0.05, 0.1) is 17.9 Å². The number of hydrogen-bond donors (Lipinski definition) is 1. The van der Waals surface area contributed by atoms with E-state index in [0.29, 0.717) is 19.4 Å². The lowest BCUT2D eigenvalue weighted by Gasteiger charge is -2.46. The third-order valence-corrected chi connectivity index (χ3v) is 6.83. The fraction of sp³-hybridized carbons (Fsp3) is 0.654. The highest BCUT2D eigenvalue weighted by molar-refractivity contribution is 6.02. The Labute approximate surface area is 207 Å². The highest BCUT2D eigenvalue weighted by Gasteiger charge is 2.41. The van der Waals surface area contributed by atoms with Crippen molar-refractivity contribution in [3.8, 4) is 5.75 Å². The van der Waals surface area contributed by atoms with Crippen molar-refractivity contribution in [1.82, 2.24) is 10.2 Å². The van der Waals surface area contributed by atoms with Gasteiger partial charge in [-0.25, -0.2) is 4.79 Å². The molecule has 9 nitrogen and oxygen atoms in total. The van der Waals surface area contributed by atoms with E-state index in [-0.39, 0.29) is 23.9 Å². The van der Waals surface area contributed by atoms with Gasteiger partial charge in [0.25, 0.3) is 0 Å². The van der Waals surface area contributed by atoms with Crippen molar-refractivity contribution in [1.29, 1.82) is 0 Å². The monoisotopic (exact) mass is 486 g/mol. The van der Waals surface area contributed by atoms with Crippen molar-refractivity contribution in [3.05, 3.63) is 18.2 Å². The molecule has 9 heteroatoms. The van der Waals surface area contributed by atoms with Gasteiger partial charge in [0.2, 0.25) is 11.8 Å². The van der Waals surface area contributed by atoms with Gasteiger partial charge >= 0.3 is 6.09 Å². The Hall–Kier alpha value is -2.97. The first-order chi connectivity index (χ1) is 16.3. The second kappa shape index (κ2) is 9.24. The molecule has 0 spiro atoms. The van der Waals surface area contributed by atoms with Crippen molar-refractivity contribution in [3.63, 3.8) is 0 Å². The lowest BCUT2D eigenvalue weighted by Crippen LogP contribution is -2.58. The molecule has 1 unspecified atom stereocenters. The Bertz CT molecular complexity index is 994. The molecule has 35 heavy (non-hydrogen) atoms. The van der Waals surface area contributed by atoms with Crippen molar-refractivity contribution in [2.75, 3.05) is 36.5 Å². The molecule has 1 atom stereocenters. The summed E-state index contributed by atoms with van der Waals surface area (Å²) in [5.74, 6) is 0.306. The minimum atomic E-state index is -0.520. The predicted molar refractivity (Wildman–Crippen MR) is 134 cm³/mol. The van der Waals surface area contributed by atoms with E-state index in [2.05, 4.69) is 21.2 Å². The Morgan fingerprint density at radius 1 is 1.14 bits per heavy atom. The number of imide groups is 1. The molecule has 3 aliphatic heterocycles. The molecule has 1 aromatic rings. The van der Waals surface area contributed by atoms with Crippen LogP contribution in [0.3, 0.4) is 0 Å². The molecule has 0 saturated carbocycles. The Balaban J connectivity index is 1.52. The number of carbonyl (C=O) groups excluding carboxylic acids is 3. The molecule has 3 aliphatic rings. The van der Waals surface area contributed by atoms with E-state index in [0.717, 1.165) is 43.1 Å². The number of piperidine rings is 2. The average Bonchev–Trinajstić information content (AvgIpc) is 2.76. The SMILES string of the molecule is CN(C(=O)OC(C)(C)C)C1CCN(c2cccc3c2OC(C)(C)CN3C2CCC(=O)NC2=O)CC1. The first-order valence-corrected chi connectivity index (χ1v) is 12.5. The molecule has 2 saturated heterocycles. The summed E-state index contributed by atoms with van der Waals surface area (Å²) in [6.45, 7) is 11.8. The van der Waals surface area contributed by atoms with E-state index in [1.807, 2.05) is 53.8 Å². The number of para-hydroxylation sites is 1. The van der Waals surface area contributed by atoms with Crippen LogP contribution in [0, 0.1) is 0 Å². The molecule has 1 aromatic carbocycles. The fourth-order valence-corrected chi connectivity index (χ4v) is 5.13. The number of hydrogen-bond acceptors (Lipinski definition) is 7. The Kier molecular flexibility index (Phi) is 6.64. The molecule has 3 amide bonds. The van der Waals surface area contributed by atoms with Gasteiger partial charge < -0.3 is 24.2 Å². The number of rotatable bonds is 3. The first kappa shape index (κ1) is 25.1. The molecule has 4 rings (SSSR count). The summed E-state index contributed by atoms with van der Waals surface area (Å²) in [4.78, 5) is 43.0. The van der Waals surface area contributed by atoms with Crippen LogP contribution in [0.2, 0.25) is 0 Å². The first-order valence-electron chi connectivity index (χ1n) is 12.5. The maximum atomic E-state index is 12.7. The van der Waals surface area contributed by atoms with Crippen molar-refractivity contribution < 1.29 is 23.9 Å². The molecule has 0 radical (unpaired) electrons. The summed E-state index contributed by atoms with van der Waals surface area (Å²) in [6, 6.07) is 5.74. The highest BCUT2D eigenvalue weighted by atomic mass is 16.6. The van der Waals surface area contributed by atoms with Gasteiger partial charge in [0.15, 0.2) is 5.75 Å². The van der Waals surface area contributed by atoms with Crippen LogP contribution in [0.1, 0.15) is 60.3 Å². The standard InChI is InChI=1S/C26H38N4O5/c1-25(2,3)35-24(33)28(6)17-12-14-29(15-13-17)18-8-7-9-19-22(18)34-26(4,5)16-30(19)20-10-11-21(31)27-23(20)32/h7-9,17,20H,10-16H2,1-6H3,(H,27,31,32). The van der Waals surface area contributed by atoms with Crippen LogP contribution >= 0.6 is 0 Å². The summed E-state index contributed by atoms with van der Waals surface area (Å²) >= 11 is 0. The lowest BCUT2D eigenvalue weighted by molar-refractivity contribution is -0.134. The average molecular weight is 487 g/mol. The maximum Gasteiger partial charge on any atom is 0.410 e. The Morgan fingerprint density at radius 2 is 1.80 bits per heavy atom. The fourth-order valence-electron chi connectivity index (χ4n) is 5.13. The second-order valence-corrected chi connectivity index (χ2v) is 11.4. The summed E-state index contributed by atoms with van der Waals surface area (Å²) in [6.07, 6.45) is 2.17. The minimum absolute atomic E-state index is 0.109. The van der Waals surface area contributed by atoms with Gasteiger partial charge in [-0.2, -0.15) is 0 Å². The topological polar surface area (TPSA) is 91.4 Å². The van der Waals surface area contributed by atoms with Gasteiger partial charge in [-0.1, -0.05) is 6.07 Å². The molecular formula is C26H38N4O5. The number of benzene rings is 1. The van der Waals surface area contributed by atoms with Gasteiger partial charge in [-0.15, -0.1) is 0 Å². The molecule has 3 heterocycles. The number of fused-ring (bicyclic) bond motifs is 1.